The molecule has 0 aliphatic heterocycles. The van der Waals surface area contributed by atoms with Crippen LogP contribution in [0.15, 0.2) is 22.5 Å². The summed E-state index contributed by atoms with van der Waals surface area (Å²) in [5, 5.41) is 5.17. The number of unbranched alkanes of at least 4 members (excludes halogenated alkanes) is 2. The number of carbonyl (C=O) groups excluding carboxylic acids is 1. The lowest BCUT2D eigenvalue weighted by atomic mass is 10.2. The molecule has 6 heteroatoms. The van der Waals surface area contributed by atoms with E-state index >= 15 is 0 Å². The van der Waals surface area contributed by atoms with Crippen LogP contribution in [0.1, 0.15) is 30.6 Å². The van der Waals surface area contributed by atoms with Crippen LogP contribution >= 0.6 is 11.3 Å². The molecule has 0 saturated heterocycles. The molecule has 112 valence electrons. The molecule has 1 aromatic heterocycles. The van der Waals surface area contributed by atoms with Crippen LogP contribution in [0.5, 0.6) is 0 Å². The number of nitrogens with zero attached hydrogens (tertiary/aromatic N) is 1. The largest absolute Gasteiger partial charge is 0.469 e. The van der Waals surface area contributed by atoms with Gasteiger partial charge < -0.3 is 15.8 Å². The molecule has 3 N–H and O–H groups in total. The number of guanidine groups is 1. The molecule has 0 aliphatic rings. The molecular weight excluding hydrogens is 274 g/mol. The third-order valence-corrected chi connectivity index (χ3v) is 3.74. The summed E-state index contributed by atoms with van der Waals surface area (Å²) in [6.07, 6.45) is 4.18. The van der Waals surface area contributed by atoms with Crippen molar-refractivity contribution < 1.29 is 9.53 Å². The zero-order valence-corrected chi connectivity index (χ0v) is 12.7. The topological polar surface area (TPSA) is 76.7 Å². The van der Waals surface area contributed by atoms with Crippen molar-refractivity contribution in [2.45, 2.75) is 32.1 Å². The summed E-state index contributed by atoms with van der Waals surface area (Å²) in [5.74, 6) is 0.345. The summed E-state index contributed by atoms with van der Waals surface area (Å²) in [6.45, 7) is 1.50. The maximum Gasteiger partial charge on any atom is 0.305 e. The van der Waals surface area contributed by atoms with Crippen molar-refractivity contribution in [2.75, 3.05) is 20.2 Å². The number of thiophene rings is 1. The highest BCUT2D eigenvalue weighted by Gasteiger charge is 1.99. The number of nitrogens with one attached hydrogen (secondary N) is 1. The van der Waals surface area contributed by atoms with E-state index < -0.39 is 0 Å². The Hall–Kier alpha value is -1.56. The molecule has 0 spiro atoms. The highest BCUT2D eigenvalue weighted by atomic mass is 32.1. The van der Waals surface area contributed by atoms with E-state index in [0.29, 0.717) is 18.9 Å². The fraction of sp³-hybridized carbons (Fsp3) is 0.571. The lowest BCUT2D eigenvalue weighted by Gasteiger charge is -2.04. The van der Waals surface area contributed by atoms with Crippen molar-refractivity contribution in [3.05, 3.63) is 22.4 Å². The summed E-state index contributed by atoms with van der Waals surface area (Å²) in [5.41, 5.74) is 5.77. The van der Waals surface area contributed by atoms with Crippen LogP contribution in [0.2, 0.25) is 0 Å². The molecule has 5 nitrogen and oxygen atoms in total. The maximum absolute atomic E-state index is 10.9. The first-order chi connectivity index (χ1) is 9.72. The summed E-state index contributed by atoms with van der Waals surface area (Å²) in [4.78, 5) is 16.5. The van der Waals surface area contributed by atoms with Gasteiger partial charge in [0.25, 0.3) is 0 Å². The van der Waals surface area contributed by atoms with Crippen molar-refractivity contribution in [3.63, 3.8) is 0 Å². The summed E-state index contributed by atoms with van der Waals surface area (Å²) < 4.78 is 4.57. The second-order valence-electron chi connectivity index (χ2n) is 4.41. The van der Waals surface area contributed by atoms with Gasteiger partial charge in [-0.15, -0.1) is 11.3 Å². The van der Waals surface area contributed by atoms with E-state index in [2.05, 4.69) is 26.5 Å². The molecule has 1 rings (SSSR count). The Labute approximate surface area is 124 Å². The molecule has 0 fully saturated rings. The van der Waals surface area contributed by atoms with E-state index in [4.69, 9.17) is 5.73 Å². The first-order valence-corrected chi connectivity index (χ1v) is 7.73. The molecule has 0 saturated carbocycles. The first kappa shape index (κ1) is 16.5. The molecule has 0 bridgehead atoms. The normalized spacial score (nSPS) is 11.3. The maximum atomic E-state index is 10.9. The molecule has 0 atom stereocenters. The second kappa shape index (κ2) is 10.3. The third kappa shape index (κ3) is 7.78. The van der Waals surface area contributed by atoms with Crippen LogP contribution in [0.3, 0.4) is 0 Å². The minimum atomic E-state index is -0.150. The number of hydrogen-bond acceptors (Lipinski definition) is 4. The van der Waals surface area contributed by atoms with Crippen LogP contribution in [-0.2, 0) is 16.0 Å². The molecule has 0 unspecified atom stereocenters. The molecule has 0 radical (unpaired) electrons. The smallest absolute Gasteiger partial charge is 0.305 e. The average Bonchev–Trinajstić information content (AvgIpc) is 2.95. The fourth-order valence-electron chi connectivity index (χ4n) is 1.68. The van der Waals surface area contributed by atoms with Gasteiger partial charge >= 0.3 is 5.97 Å². The molecule has 0 aromatic carbocycles. The van der Waals surface area contributed by atoms with Crippen LogP contribution in [-0.4, -0.2) is 32.1 Å². The molecule has 20 heavy (non-hydrogen) atoms. The highest BCUT2D eigenvalue weighted by molar-refractivity contribution is 7.09. The van der Waals surface area contributed by atoms with Crippen LogP contribution in [0.4, 0.5) is 0 Å². The first-order valence-electron chi connectivity index (χ1n) is 6.85. The van der Waals surface area contributed by atoms with Crippen molar-refractivity contribution in [3.8, 4) is 0 Å². The van der Waals surface area contributed by atoms with Gasteiger partial charge in [-0.25, -0.2) is 0 Å². The van der Waals surface area contributed by atoms with Crippen molar-refractivity contribution in [1.29, 1.82) is 0 Å². The van der Waals surface area contributed by atoms with E-state index in [1.54, 1.807) is 11.3 Å². The van der Waals surface area contributed by atoms with E-state index in [-0.39, 0.29) is 5.97 Å². The van der Waals surface area contributed by atoms with Crippen molar-refractivity contribution >= 4 is 23.3 Å². The second-order valence-corrected chi connectivity index (χ2v) is 5.44. The van der Waals surface area contributed by atoms with Crippen LogP contribution in [0.25, 0.3) is 0 Å². The molecule has 0 aliphatic carbocycles. The predicted octanol–water partition coefficient (Wildman–Crippen LogP) is 1.93. The predicted molar refractivity (Wildman–Crippen MR) is 83.0 cm³/mol. The van der Waals surface area contributed by atoms with E-state index in [1.807, 2.05) is 6.07 Å². The van der Waals surface area contributed by atoms with Gasteiger partial charge in [0.2, 0.25) is 0 Å². The van der Waals surface area contributed by atoms with Gasteiger partial charge in [0.15, 0.2) is 5.96 Å². The quantitative estimate of drug-likeness (QED) is 0.316. The Kier molecular flexibility index (Phi) is 8.46. The molecule has 0 amide bonds. The molecule has 1 heterocycles. The Morgan fingerprint density at radius 2 is 2.30 bits per heavy atom. The summed E-state index contributed by atoms with van der Waals surface area (Å²) in [7, 11) is 1.41. The van der Waals surface area contributed by atoms with Gasteiger partial charge in [0.1, 0.15) is 0 Å². The Morgan fingerprint density at radius 3 is 3.00 bits per heavy atom. The SMILES string of the molecule is COC(=O)CCCCCN=C(N)NCCc1cccs1. The van der Waals surface area contributed by atoms with E-state index in [0.717, 1.165) is 32.2 Å². The third-order valence-electron chi connectivity index (χ3n) is 2.81. The van der Waals surface area contributed by atoms with Gasteiger partial charge in [-0.2, -0.15) is 0 Å². The number of aliphatic imine (C=N–C) groups is 1. The minimum Gasteiger partial charge on any atom is -0.469 e. The molecular formula is C14H23N3O2S. The van der Waals surface area contributed by atoms with Gasteiger partial charge in [-0.05, 0) is 30.7 Å². The highest BCUT2D eigenvalue weighted by Crippen LogP contribution is 2.07. The zero-order chi connectivity index (χ0) is 14.6. The number of hydrogen-bond donors (Lipinski definition) is 2. The lowest BCUT2D eigenvalue weighted by molar-refractivity contribution is -0.140. The summed E-state index contributed by atoms with van der Waals surface area (Å²) in [6, 6.07) is 4.16. The number of methoxy groups -OCH3 is 1. The van der Waals surface area contributed by atoms with E-state index in [1.165, 1.54) is 12.0 Å². The standard InChI is InChI=1S/C14H23N3O2S/c1-19-13(18)7-3-2-4-9-16-14(15)17-10-8-12-6-5-11-20-12/h5-6,11H,2-4,7-10H2,1H3,(H3,15,16,17). The van der Waals surface area contributed by atoms with Crippen LogP contribution < -0.4 is 11.1 Å². The monoisotopic (exact) mass is 297 g/mol. The molecule has 1 aromatic rings. The number of carbonyl (C=O) groups is 1. The van der Waals surface area contributed by atoms with Gasteiger partial charge in [0, 0.05) is 24.4 Å². The van der Waals surface area contributed by atoms with Crippen molar-refractivity contribution in [2.24, 2.45) is 10.7 Å². The summed E-state index contributed by atoms with van der Waals surface area (Å²) >= 11 is 1.75. The fourth-order valence-corrected chi connectivity index (χ4v) is 2.39. The van der Waals surface area contributed by atoms with E-state index in [9.17, 15) is 4.79 Å². The van der Waals surface area contributed by atoms with Gasteiger partial charge in [-0.1, -0.05) is 12.5 Å². The Balaban J connectivity index is 1.99. The number of nitrogens with two attached hydrogens (primary N) is 1. The Morgan fingerprint density at radius 1 is 1.45 bits per heavy atom. The van der Waals surface area contributed by atoms with Gasteiger partial charge in [0.05, 0.1) is 7.11 Å². The minimum absolute atomic E-state index is 0.150. The van der Waals surface area contributed by atoms with Crippen molar-refractivity contribution in [1.82, 2.24) is 5.32 Å². The number of ether oxygens (including phenoxy) is 1. The lowest BCUT2D eigenvalue weighted by Crippen LogP contribution is -2.33. The van der Waals surface area contributed by atoms with Crippen LogP contribution in [0, 0.1) is 0 Å². The average molecular weight is 297 g/mol. The van der Waals surface area contributed by atoms with Gasteiger partial charge in [-0.3, -0.25) is 9.79 Å². The zero-order valence-electron chi connectivity index (χ0n) is 11.9. The number of esters is 1. The Bertz CT molecular complexity index is 405. The number of rotatable bonds is 9.